The molecule has 6 aliphatic rings. The summed E-state index contributed by atoms with van der Waals surface area (Å²) < 4.78 is 7.85. The molecule has 1 aliphatic heterocycles. The highest BCUT2D eigenvalue weighted by Crippen LogP contribution is 2.63. The number of nitrogens with zero attached hydrogens (tertiary/aromatic N) is 2. The van der Waals surface area contributed by atoms with Gasteiger partial charge >= 0.3 is 0 Å². The lowest BCUT2D eigenvalue weighted by Crippen LogP contribution is -2.59. The Hall–Kier alpha value is -1.37. The highest BCUT2D eigenvalue weighted by Gasteiger charge is 2.66. The number of aromatic nitrogens is 1. The number of hydrogen-bond donors (Lipinski definition) is 1. The standard InChI is InChI=1S/C22H30N2O4/c25-24-8-2-1-3-20(24)23-14-15-4-6-21(7-5-15)26-22(28-27-21)18-10-16-9-17(12-18)13-19(22)11-16/h1-3,8,15-19,25H,4-7,9-14H2. The summed E-state index contributed by atoms with van der Waals surface area (Å²) in [6.07, 6.45) is 11.8. The molecule has 6 nitrogen and oxygen atoms in total. The van der Waals surface area contributed by atoms with Crippen LogP contribution in [0.25, 0.3) is 0 Å². The first-order valence-electron chi connectivity index (χ1n) is 11.1. The molecule has 1 N–H and O–H groups in total. The largest absolute Gasteiger partial charge is 0.427 e. The van der Waals surface area contributed by atoms with Crippen LogP contribution in [0.1, 0.15) is 57.8 Å². The lowest BCUT2D eigenvalue weighted by molar-refractivity contribution is -0.390. The van der Waals surface area contributed by atoms with Gasteiger partial charge in [0.1, 0.15) is 0 Å². The van der Waals surface area contributed by atoms with Crippen molar-refractivity contribution in [2.75, 3.05) is 6.54 Å². The zero-order chi connectivity index (χ0) is 18.8. The molecule has 0 aromatic carbocycles. The molecular weight excluding hydrogens is 356 g/mol. The van der Waals surface area contributed by atoms with Gasteiger partial charge in [-0.25, -0.2) is 0 Å². The van der Waals surface area contributed by atoms with E-state index in [1.807, 2.05) is 12.1 Å². The summed E-state index contributed by atoms with van der Waals surface area (Å²) in [5.41, 5.74) is 0.604. The fraction of sp³-hybridized carbons (Fsp3) is 0.773. The second-order valence-electron chi connectivity index (χ2n) is 9.89. The van der Waals surface area contributed by atoms with Gasteiger partial charge in [0.2, 0.25) is 11.6 Å². The zero-order valence-electron chi connectivity index (χ0n) is 16.3. The van der Waals surface area contributed by atoms with E-state index in [1.54, 1.807) is 12.3 Å². The van der Waals surface area contributed by atoms with Crippen LogP contribution in [-0.2, 0) is 14.5 Å². The predicted octanol–water partition coefficient (Wildman–Crippen LogP) is 3.64. The van der Waals surface area contributed by atoms with Crippen LogP contribution in [0.4, 0.5) is 0 Å². The quantitative estimate of drug-likeness (QED) is 0.622. The summed E-state index contributed by atoms with van der Waals surface area (Å²) in [4.78, 5) is 16.7. The molecule has 2 spiro atoms. The summed E-state index contributed by atoms with van der Waals surface area (Å²) in [6, 6.07) is 5.51. The Balaban J connectivity index is 1.12. The van der Waals surface area contributed by atoms with Gasteiger partial charge in [0.05, 0.1) is 0 Å². The van der Waals surface area contributed by atoms with Crippen molar-refractivity contribution in [2.24, 2.45) is 34.6 Å². The molecule has 0 amide bonds. The zero-order valence-corrected chi connectivity index (χ0v) is 16.3. The third-order valence-corrected chi connectivity index (χ3v) is 8.14. The van der Waals surface area contributed by atoms with Crippen LogP contribution < -0.4 is 5.49 Å². The minimum Gasteiger partial charge on any atom is -0.427 e. The molecule has 1 aromatic rings. The van der Waals surface area contributed by atoms with Crippen molar-refractivity contribution < 1.29 is 19.7 Å². The number of rotatable bonds is 2. The maximum Gasteiger partial charge on any atom is 0.210 e. The Morgan fingerprint density at radius 3 is 2.39 bits per heavy atom. The van der Waals surface area contributed by atoms with Crippen molar-refractivity contribution >= 4 is 0 Å². The molecule has 7 rings (SSSR count). The van der Waals surface area contributed by atoms with Crippen LogP contribution in [0.15, 0.2) is 29.4 Å². The van der Waals surface area contributed by atoms with E-state index in [9.17, 15) is 5.21 Å². The summed E-state index contributed by atoms with van der Waals surface area (Å²) in [7, 11) is 0. The Labute approximate surface area is 165 Å². The lowest BCUT2D eigenvalue weighted by Gasteiger charge is -2.57. The highest BCUT2D eigenvalue weighted by molar-refractivity contribution is 5.05. The van der Waals surface area contributed by atoms with E-state index in [0.717, 1.165) is 48.8 Å². The fourth-order valence-corrected chi connectivity index (χ4v) is 6.87. The SMILES string of the molecule is On1ccccc1=NCC1CCC2(CC1)OOC1(O2)C2CC3CC(C2)CC1C3. The van der Waals surface area contributed by atoms with E-state index in [-0.39, 0.29) is 0 Å². The summed E-state index contributed by atoms with van der Waals surface area (Å²) in [5, 5.41) is 9.81. The highest BCUT2D eigenvalue weighted by atomic mass is 17.3. The van der Waals surface area contributed by atoms with Gasteiger partial charge < -0.3 is 9.94 Å². The van der Waals surface area contributed by atoms with Gasteiger partial charge in [-0.05, 0) is 74.8 Å². The second kappa shape index (κ2) is 6.31. The van der Waals surface area contributed by atoms with Crippen molar-refractivity contribution in [1.82, 2.24) is 4.73 Å². The smallest absolute Gasteiger partial charge is 0.210 e. The van der Waals surface area contributed by atoms with E-state index in [4.69, 9.17) is 14.5 Å². The van der Waals surface area contributed by atoms with Crippen LogP contribution in [0.3, 0.4) is 0 Å². The van der Waals surface area contributed by atoms with E-state index < -0.39 is 11.6 Å². The molecule has 0 atom stereocenters. The van der Waals surface area contributed by atoms with Crippen LogP contribution in [-0.4, -0.2) is 28.1 Å². The van der Waals surface area contributed by atoms with E-state index in [2.05, 4.69) is 4.99 Å². The maximum atomic E-state index is 9.81. The predicted molar refractivity (Wildman–Crippen MR) is 99.8 cm³/mol. The molecular formula is C22H30N2O4. The minimum absolute atomic E-state index is 0.461. The van der Waals surface area contributed by atoms with Gasteiger partial charge in [-0.2, -0.15) is 14.5 Å². The topological polar surface area (TPSA) is 65.2 Å². The normalized spacial score (nSPS) is 47.4. The maximum absolute atomic E-state index is 9.81. The Bertz CT molecular complexity index is 783. The van der Waals surface area contributed by atoms with Crippen LogP contribution >= 0.6 is 0 Å². The molecule has 4 bridgehead atoms. The molecule has 2 heterocycles. The van der Waals surface area contributed by atoms with Gasteiger partial charge in [-0.3, -0.25) is 4.99 Å². The first-order valence-corrected chi connectivity index (χ1v) is 11.1. The third-order valence-electron chi connectivity index (χ3n) is 8.14. The molecule has 152 valence electrons. The molecule has 1 aromatic heterocycles. The molecule has 1 saturated heterocycles. The number of hydrogen-bond acceptors (Lipinski definition) is 5. The minimum atomic E-state index is -0.546. The summed E-state index contributed by atoms with van der Waals surface area (Å²) in [6.45, 7) is 0.723. The Morgan fingerprint density at radius 2 is 1.71 bits per heavy atom. The second-order valence-corrected chi connectivity index (χ2v) is 9.89. The number of ether oxygens (including phenoxy) is 1. The van der Waals surface area contributed by atoms with Gasteiger partial charge in [-0.15, -0.1) is 0 Å². The Kier molecular flexibility index (Phi) is 3.94. The van der Waals surface area contributed by atoms with Gasteiger partial charge in [0.15, 0.2) is 5.49 Å². The van der Waals surface area contributed by atoms with Crippen molar-refractivity contribution in [2.45, 2.75) is 69.4 Å². The molecule has 0 radical (unpaired) electrons. The average molecular weight is 386 g/mol. The number of pyridine rings is 1. The third kappa shape index (κ3) is 2.68. The molecule has 5 saturated carbocycles. The van der Waals surface area contributed by atoms with E-state index in [1.165, 1.54) is 32.1 Å². The van der Waals surface area contributed by atoms with E-state index in [0.29, 0.717) is 23.2 Å². The van der Waals surface area contributed by atoms with Crippen LogP contribution in [0.5, 0.6) is 0 Å². The van der Waals surface area contributed by atoms with Crippen LogP contribution in [0.2, 0.25) is 0 Å². The molecule has 5 aliphatic carbocycles. The van der Waals surface area contributed by atoms with Crippen LogP contribution in [0, 0.1) is 29.6 Å². The van der Waals surface area contributed by atoms with Gasteiger partial charge in [0, 0.05) is 37.4 Å². The van der Waals surface area contributed by atoms with E-state index >= 15 is 0 Å². The monoisotopic (exact) mass is 386 g/mol. The summed E-state index contributed by atoms with van der Waals surface area (Å²) >= 11 is 0. The lowest BCUT2D eigenvalue weighted by atomic mass is 9.53. The van der Waals surface area contributed by atoms with Crippen molar-refractivity contribution in [3.63, 3.8) is 0 Å². The van der Waals surface area contributed by atoms with Gasteiger partial charge in [-0.1, -0.05) is 6.07 Å². The molecule has 6 fully saturated rings. The summed E-state index contributed by atoms with van der Waals surface area (Å²) in [5.74, 6) is 2.31. The van der Waals surface area contributed by atoms with Crippen molar-refractivity contribution in [3.05, 3.63) is 29.9 Å². The molecule has 6 heteroatoms. The first-order chi connectivity index (χ1) is 13.6. The fourth-order valence-electron chi connectivity index (χ4n) is 6.87. The average Bonchev–Trinajstić information content (AvgIpc) is 3.07. The van der Waals surface area contributed by atoms with Crippen molar-refractivity contribution in [3.8, 4) is 0 Å². The Morgan fingerprint density at radius 1 is 1.00 bits per heavy atom. The molecule has 28 heavy (non-hydrogen) atoms. The van der Waals surface area contributed by atoms with Crippen molar-refractivity contribution in [1.29, 1.82) is 0 Å². The van der Waals surface area contributed by atoms with Gasteiger partial charge in [0.25, 0.3) is 0 Å². The first kappa shape index (κ1) is 17.5. The molecule has 0 unspecified atom stereocenters.